The third-order valence-corrected chi connectivity index (χ3v) is 1.71. The summed E-state index contributed by atoms with van der Waals surface area (Å²) in [6.45, 7) is 0. The van der Waals surface area contributed by atoms with Gasteiger partial charge in [0.25, 0.3) is 0 Å². The molecule has 0 spiro atoms. The molecule has 0 aliphatic heterocycles. The van der Waals surface area contributed by atoms with Crippen molar-refractivity contribution in [2.75, 3.05) is 0 Å². The van der Waals surface area contributed by atoms with Crippen LogP contribution in [0.15, 0.2) is 0 Å². The van der Waals surface area contributed by atoms with E-state index in [1.165, 1.54) is 0 Å². The minimum absolute atomic E-state index is 0.0347. The van der Waals surface area contributed by atoms with Crippen LogP contribution in [-0.2, 0) is 4.74 Å². The molecule has 0 bridgehead atoms. The van der Waals surface area contributed by atoms with Gasteiger partial charge in [-0.2, -0.15) is 0 Å². The molecule has 0 heterocycles. The van der Waals surface area contributed by atoms with Crippen LogP contribution in [0.1, 0.15) is 19.3 Å². The van der Waals surface area contributed by atoms with E-state index in [1.54, 1.807) is 0 Å². The van der Waals surface area contributed by atoms with Gasteiger partial charge in [0.05, 0.1) is 0 Å². The second-order valence-corrected chi connectivity index (χ2v) is 2.63. The number of rotatable bonds is 1. The van der Waals surface area contributed by atoms with Gasteiger partial charge in [-0.3, -0.25) is 0 Å². The molecule has 0 aromatic carbocycles. The monoisotopic (exact) mass is 144 g/mol. The van der Waals surface area contributed by atoms with Crippen LogP contribution in [0.2, 0.25) is 0 Å². The first-order chi connectivity index (χ1) is 4.68. The molecule has 4 N–H and O–H groups in total. The Hall–Kier alpha value is -0.770. The van der Waals surface area contributed by atoms with Crippen molar-refractivity contribution in [1.82, 2.24) is 0 Å². The van der Waals surface area contributed by atoms with Gasteiger partial charge < -0.3 is 16.2 Å². The SMILES string of the molecule is NC(=O)O[C@@H]1CC[C@H](N)C1. The third kappa shape index (κ3) is 1.88. The molecule has 0 aromatic rings. The maximum absolute atomic E-state index is 10.2. The minimum Gasteiger partial charge on any atom is -0.446 e. The average molecular weight is 144 g/mol. The summed E-state index contributed by atoms with van der Waals surface area (Å²) in [6, 6.07) is 0.185. The van der Waals surface area contributed by atoms with Crippen molar-refractivity contribution in [2.24, 2.45) is 11.5 Å². The standard InChI is InChI=1S/C6H12N2O2/c7-4-1-2-5(3-4)10-6(8)9/h4-5H,1-3,7H2,(H2,8,9)/t4-,5+/m0/s1. The number of ether oxygens (including phenoxy) is 1. The zero-order chi connectivity index (χ0) is 7.56. The van der Waals surface area contributed by atoms with Crippen molar-refractivity contribution in [1.29, 1.82) is 0 Å². The fraction of sp³-hybridized carbons (Fsp3) is 0.833. The normalized spacial score (nSPS) is 32.1. The van der Waals surface area contributed by atoms with Crippen LogP contribution in [0.25, 0.3) is 0 Å². The molecule has 1 aliphatic rings. The number of hydrogen-bond donors (Lipinski definition) is 2. The highest BCUT2D eigenvalue weighted by molar-refractivity contribution is 5.64. The molecule has 4 nitrogen and oxygen atoms in total. The average Bonchev–Trinajstić information content (AvgIpc) is 2.13. The third-order valence-electron chi connectivity index (χ3n) is 1.71. The highest BCUT2D eigenvalue weighted by atomic mass is 16.6. The summed E-state index contributed by atoms with van der Waals surface area (Å²) in [5, 5.41) is 0. The highest BCUT2D eigenvalue weighted by Crippen LogP contribution is 2.19. The minimum atomic E-state index is -0.695. The molecule has 1 fully saturated rings. The molecule has 0 unspecified atom stereocenters. The summed E-state index contributed by atoms with van der Waals surface area (Å²) in [6.07, 6.45) is 1.80. The molecule has 10 heavy (non-hydrogen) atoms. The Morgan fingerprint density at radius 3 is 2.60 bits per heavy atom. The topological polar surface area (TPSA) is 78.3 Å². The van der Waals surface area contributed by atoms with Crippen LogP contribution in [0.4, 0.5) is 4.79 Å². The zero-order valence-electron chi connectivity index (χ0n) is 5.75. The van der Waals surface area contributed by atoms with E-state index in [0.717, 1.165) is 19.3 Å². The Bertz CT molecular complexity index is 138. The van der Waals surface area contributed by atoms with Gasteiger partial charge in [-0.15, -0.1) is 0 Å². The van der Waals surface area contributed by atoms with Gasteiger partial charge >= 0.3 is 6.09 Å². The number of carbonyl (C=O) groups excluding carboxylic acids is 1. The summed E-state index contributed by atoms with van der Waals surface area (Å²) in [4.78, 5) is 10.2. The summed E-state index contributed by atoms with van der Waals surface area (Å²) in [5.74, 6) is 0. The first-order valence-electron chi connectivity index (χ1n) is 3.40. The molecule has 58 valence electrons. The summed E-state index contributed by atoms with van der Waals surface area (Å²) in [5.41, 5.74) is 10.4. The van der Waals surface area contributed by atoms with Gasteiger partial charge in [0, 0.05) is 6.04 Å². The lowest BCUT2D eigenvalue weighted by atomic mass is 10.3. The maximum Gasteiger partial charge on any atom is 0.404 e. The molecule has 1 aliphatic carbocycles. The lowest BCUT2D eigenvalue weighted by molar-refractivity contribution is 0.109. The first kappa shape index (κ1) is 7.34. The smallest absolute Gasteiger partial charge is 0.404 e. The van der Waals surface area contributed by atoms with Crippen molar-refractivity contribution in [3.63, 3.8) is 0 Å². The molecule has 1 amide bonds. The quantitative estimate of drug-likeness (QED) is 0.542. The van der Waals surface area contributed by atoms with Gasteiger partial charge in [0.1, 0.15) is 6.10 Å². The first-order valence-corrected chi connectivity index (χ1v) is 3.40. The molecule has 0 radical (unpaired) electrons. The van der Waals surface area contributed by atoms with Crippen LogP contribution in [0, 0.1) is 0 Å². The Morgan fingerprint density at radius 1 is 1.50 bits per heavy atom. The Labute approximate surface area is 59.5 Å². The zero-order valence-corrected chi connectivity index (χ0v) is 5.75. The van der Waals surface area contributed by atoms with Crippen LogP contribution in [0.3, 0.4) is 0 Å². The van der Waals surface area contributed by atoms with Crippen molar-refractivity contribution in [2.45, 2.75) is 31.4 Å². The van der Waals surface area contributed by atoms with Crippen LogP contribution < -0.4 is 11.5 Å². The van der Waals surface area contributed by atoms with E-state index in [0.29, 0.717) is 0 Å². The van der Waals surface area contributed by atoms with E-state index in [-0.39, 0.29) is 12.1 Å². The summed E-state index contributed by atoms with van der Waals surface area (Å²) >= 11 is 0. The molecule has 1 saturated carbocycles. The van der Waals surface area contributed by atoms with E-state index in [1.807, 2.05) is 0 Å². The Kier molecular flexibility index (Phi) is 2.11. The predicted octanol–water partition coefficient (Wildman–Crippen LogP) is -0.0385. The van der Waals surface area contributed by atoms with Gasteiger partial charge in [-0.25, -0.2) is 4.79 Å². The van der Waals surface area contributed by atoms with Gasteiger partial charge in [-0.1, -0.05) is 0 Å². The van der Waals surface area contributed by atoms with Crippen molar-refractivity contribution in [3.05, 3.63) is 0 Å². The number of nitrogens with two attached hydrogens (primary N) is 2. The molecule has 4 heteroatoms. The molecule has 2 atom stereocenters. The lowest BCUT2D eigenvalue weighted by Gasteiger charge is -2.07. The van der Waals surface area contributed by atoms with E-state index in [9.17, 15) is 4.79 Å². The molecule has 0 aromatic heterocycles. The molecule has 1 rings (SSSR count). The highest BCUT2D eigenvalue weighted by Gasteiger charge is 2.23. The van der Waals surface area contributed by atoms with Gasteiger partial charge in [0.2, 0.25) is 0 Å². The van der Waals surface area contributed by atoms with Crippen LogP contribution >= 0.6 is 0 Å². The Morgan fingerprint density at radius 2 is 2.20 bits per heavy atom. The van der Waals surface area contributed by atoms with E-state index in [2.05, 4.69) is 0 Å². The maximum atomic E-state index is 10.2. The predicted molar refractivity (Wildman–Crippen MR) is 36.3 cm³/mol. The Balaban J connectivity index is 2.24. The van der Waals surface area contributed by atoms with Crippen LogP contribution in [-0.4, -0.2) is 18.2 Å². The fourth-order valence-corrected chi connectivity index (χ4v) is 1.24. The van der Waals surface area contributed by atoms with Crippen molar-refractivity contribution < 1.29 is 9.53 Å². The largest absolute Gasteiger partial charge is 0.446 e. The number of hydrogen-bond acceptors (Lipinski definition) is 3. The lowest BCUT2D eigenvalue weighted by Crippen LogP contribution is -2.22. The second-order valence-electron chi connectivity index (χ2n) is 2.63. The molecular formula is C6H12N2O2. The van der Waals surface area contributed by atoms with Crippen molar-refractivity contribution in [3.8, 4) is 0 Å². The van der Waals surface area contributed by atoms with Crippen molar-refractivity contribution >= 4 is 6.09 Å². The van der Waals surface area contributed by atoms with E-state index >= 15 is 0 Å². The van der Waals surface area contributed by atoms with Crippen LogP contribution in [0.5, 0.6) is 0 Å². The molecule has 0 saturated heterocycles. The molecular weight excluding hydrogens is 132 g/mol. The fourth-order valence-electron chi connectivity index (χ4n) is 1.24. The number of carbonyl (C=O) groups is 1. The number of primary amides is 1. The number of amides is 1. The summed E-state index contributed by atoms with van der Waals surface area (Å²) in [7, 11) is 0. The van der Waals surface area contributed by atoms with E-state index in [4.69, 9.17) is 16.2 Å². The van der Waals surface area contributed by atoms with E-state index < -0.39 is 6.09 Å². The summed E-state index contributed by atoms with van der Waals surface area (Å²) < 4.78 is 4.74. The van der Waals surface area contributed by atoms with Gasteiger partial charge in [0.15, 0.2) is 0 Å². The van der Waals surface area contributed by atoms with Gasteiger partial charge in [-0.05, 0) is 19.3 Å². The second kappa shape index (κ2) is 2.88.